The highest BCUT2D eigenvalue weighted by molar-refractivity contribution is 5.04. The summed E-state index contributed by atoms with van der Waals surface area (Å²) in [6.07, 6.45) is 1.05. The number of nitrogens with two attached hydrogens (primary N) is 1. The van der Waals surface area contributed by atoms with Crippen LogP contribution in [0, 0.1) is 17.8 Å². The molecule has 2 aliphatic rings. The van der Waals surface area contributed by atoms with E-state index in [1.165, 1.54) is 25.7 Å². The molecule has 0 amide bonds. The van der Waals surface area contributed by atoms with Crippen LogP contribution in [-0.4, -0.2) is 12.2 Å². The summed E-state index contributed by atoms with van der Waals surface area (Å²) in [7, 11) is 0. The maximum Gasteiger partial charge on any atom is 0.389 e. The van der Waals surface area contributed by atoms with Gasteiger partial charge in [0.05, 0.1) is 0 Å². The minimum absolute atomic E-state index is 0.0884. The van der Waals surface area contributed by atoms with Crippen LogP contribution in [0.5, 0.6) is 0 Å². The SMILES string of the molecule is NNC(CCCC(F)(F)F)C1C2CCCCC21. The van der Waals surface area contributed by atoms with Crippen molar-refractivity contribution >= 4 is 0 Å². The van der Waals surface area contributed by atoms with E-state index in [0.717, 1.165) is 11.8 Å². The van der Waals surface area contributed by atoms with Crippen molar-refractivity contribution in [3.05, 3.63) is 0 Å². The number of alkyl halides is 3. The van der Waals surface area contributed by atoms with Gasteiger partial charge in [0.2, 0.25) is 0 Å². The van der Waals surface area contributed by atoms with Crippen molar-refractivity contribution < 1.29 is 13.2 Å². The Labute approximate surface area is 100 Å². The fraction of sp³-hybridized carbons (Fsp3) is 1.00. The molecule has 0 aliphatic heterocycles. The molecule has 2 nitrogen and oxygen atoms in total. The molecule has 5 heteroatoms. The minimum atomic E-state index is -4.03. The topological polar surface area (TPSA) is 38.0 Å². The third-order valence-electron chi connectivity index (χ3n) is 4.38. The molecule has 0 aromatic carbocycles. The van der Waals surface area contributed by atoms with Crippen LogP contribution in [0.25, 0.3) is 0 Å². The van der Waals surface area contributed by atoms with Crippen LogP contribution in [0.15, 0.2) is 0 Å². The summed E-state index contributed by atoms with van der Waals surface area (Å²) in [4.78, 5) is 0. The standard InChI is InChI=1S/C12H21F3N2/c13-12(14,15)7-3-6-10(17-16)11-8-4-1-2-5-9(8)11/h8-11,17H,1-7,16H2. The maximum absolute atomic E-state index is 12.1. The lowest BCUT2D eigenvalue weighted by molar-refractivity contribution is -0.135. The molecule has 0 saturated heterocycles. The molecule has 3 N–H and O–H groups in total. The maximum atomic E-state index is 12.1. The molecule has 0 bridgehead atoms. The molecule has 0 aromatic heterocycles. The first kappa shape index (κ1) is 13.1. The lowest BCUT2D eigenvalue weighted by Crippen LogP contribution is -2.37. The summed E-state index contributed by atoms with van der Waals surface area (Å²) in [5.41, 5.74) is 2.74. The largest absolute Gasteiger partial charge is 0.389 e. The Bertz CT molecular complexity index is 243. The zero-order valence-electron chi connectivity index (χ0n) is 9.97. The van der Waals surface area contributed by atoms with Gasteiger partial charge in [0.15, 0.2) is 0 Å². The van der Waals surface area contributed by atoms with Crippen LogP contribution < -0.4 is 11.3 Å². The minimum Gasteiger partial charge on any atom is -0.271 e. The predicted molar refractivity (Wildman–Crippen MR) is 60.0 cm³/mol. The molecule has 100 valence electrons. The Morgan fingerprint density at radius 1 is 1.18 bits per heavy atom. The molecule has 0 spiro atoms. The normalized spacial score (nSPS) is 34.2. The second-order valence-electron chi connectivity index (χ2n) is 5.47. The van der Waals surface area contributed by atoms with Crippen molar-refractivity contribution in [2.75, 3.05) is 0 Å². The molecule has 2 aliphatic carbocycles. The van der Waals surface area contributed by atoms with E-state index >= 15 is 0 Å². The van der Waals surface area contributed by atoms with Crippen molar-refractivity contribution in [2.45, 2.75) is 57.2 Å². The lowest BCUT2D eigenvalue weighted by atomic mass is 10.0. The van der Waals surface area contributed by atoms with Gasteiger partial charge >= 0.3 is 6.18 Å². The molecule has 0 aromatic rings. The number of hydrogen-bond donors (Lipinski definition) is 2. The zero-order valence-corrected chi connectivity index (χ0v) is 9.97. The van der Waals surface area contributed by atoms with E-state index in [1.54, 1.807) is 0 Å². The van der Waals surface area contributed by atoms with Crippen LogP contribution in [-0.2, 0) is 0 Å². The summed E-state index contributed by atoms with van der Waals surface area (Å²) in [6.45, 7) is 0. The summed E-state index contributed by atoms with van der Waals surface area (Å²) in [5.74, 6) is 7.49. The van der Waals surface area contributed by atoms with Crippen molar-refractivity contribution in [3.8, 4) is 0 Å². The smallest absolute Gasteiger partial charge is 0.271 e. The van der Waals surface area contributed by atoms with Gasteiger partial charge < -0.3 is 0 Å². The number of hydrazine groups is 1. The highest BCUT2D eigenvalue weighted by Gasteiger charge is 2.53. The van der Waals surface area contributed by atoms with Gasteiger partial charge in [-0.3, -0.25) is 11.3 Å². The molecule has 3 atom stereocenters. The monoisotopic (exact) mass is 250 g/mol. The van der Waals surface area contributed by atoms with E-state index in [2.05, 4.69) is 5.43 Å². The predicted octanol–water partition coefficient (Wildman–Crippen LogP) is 2.99. The first-order chi connectivity index (χ1) is 8.03. The molecule has 2 rings (SSSR count). The molecular weight excluding hydrogens is 229 g/mol. The number of hydrogen-bond acceptors (Lipinski definition) is 2. The highest BCUT2D eigenvalue weighted by atomic mass is 19.4. The third kappa shape index (κ3) is 3.35. The molecule has 0 heterocycles. The van der Waals surface area contributed by atoms with Gasteiger partial charge in [-0.2, -0.15) is 13.2 Å². The zero-order chi connectivity index (χ0) is 12.5. The van der Waals surface area contributed by atoms with Crippen molar-refractivity contribution in [1.29, 1.82) is 0 Å². The van der Waals surface area contributed by atoms with Crippen LogP contribution in [0.1, 0.15) is 44.9 Å². The number of nitrogens with one attached hydrogen (secondary N) is 1. The molecule has 0 radical (unpaired) electrons. The third-order valence-corrected chi connectivity index (χ3v) is 4.38. The lowest BCUT2D eigenvalue weighted by Gasteiger charge is -2.16. The van der Waals surface area contributed by atoms with Crippen LogP contribution in [0.3, 0.4) is 0 Å². The second-order valence-corrected chi connectivity index (χ2v) is 5.47. The van der Waals surface area contributed by atoms with E-state index < -0.39 is 12.6 Å². The Balaban J connectivity index is 1.74. The Kier molecular flexibility index (Phi) is 3.98. The van der Waals surface area contributed by atoms with Crippen LogP contribution >= 0.6 is 0 Å². The molecule has 17 heavy (non-hydrogen) atoms. The average molecular weight is 250 g/mol. The van der Waals surface area contributed by atoms with Gasteiger partial charge in [-0.05, 0) is 43.4 Å². The molecule has 2 fully saturated rings. The summed E-state index contributed by atoms with van der Waals surface area (Å²) in [5, 5.41) is 0. The van der Waals surface area contributed by atoms with Crippen molar-refractivity contribution in [1.82, 2.24) is 5.43 Å². The first-order valence-electron chi connectivity index (χ1n) is 6.56. The van der Waals surface area contributed by atoms with Gasteiger partial charge in [-0.25, -0.2) is 0 Å². The van der Waals surface area contributed by atoms with Gasteiger partial charge in [-0.1, -0.05) is 12.8 Å². The fourth-order valence-electron chi connectivity index (χ4n) is 3.55. The molecular formula is C12H21F3N2. The number of halogens is 3. The van der Waals surface area contributed by atoms with E-state index in [1.807, 2.05) is 0 Å². The fourth-order valence-corrected chi connectivity index (χ4v) is 3.55. The Morgan fingerprint density at radius 3 is 2.24 bits per heavy atom. The van der Waals surface area contributed by atoms with Crippen molar-refractivity contribution in [3.63, 3.8) is 0 Å². The average Bonchev–Trinajstić information content (AvgIpc) is 2.97. The van der Waals surface area contributed by atoms with Gasteiger partial charge in [-0.15, -0.1) is 0 Å². The van der Waals surface area contributed by atoms with Crippen LogP contribution in [0.2, 0.25) is 0 Å². The number of rotatable bonds is 5. The quantitative estimate of drug-likeness (QED) is 0.581. The van der Waals surface area contributed by atoms with Gasteiger partial charge in [0.25, 0.3) is 0 Å². The van der Waals surface area contributed by atoms with Gasteiger partial charge in [0.1, 0.15) is 0 Å². The van der Waals surface area contributed by atoms with E-state index in [-0.39, 0.29) is 12.5 Å². The number of fused-ring (bicyclic) bond motifs is 1. The summed E-state index contributed by atoms with van der Waals surface area (Å²) in [6, 6.07) is 0.0884. The van der Waals surface area contributed by atoms with E-state index in [4.69, 9.17) is 5.84 Å². The van der Waals surface area contributed by atoms with E-state index in [0.29, 0.717) is 12.3 Å². The van der Waals surface area contributed by atoms with Crippen LogP contribution in [0.4, 0.5) is 13.2 Å². The molecule has 2 saturated carbocycles. The van der Waals surface area contributed by atoms with Gasteiger partial charge in [0, 0.05) is 12.5 Å². The second kappa shape index (κ2) is 5.14. The summed E-state index contributed by atoms with van der Waals surface area (Å²) >= 11 is 0. The van der Waals surface area contributed by atoms with Crippen molar-refractivity contribution in [2.24, 2.45) is 23.6 Å². The first-order valence-corrected chi connectivity index (χ1v) is 6.56. The summed E-state index contributed by atoms with van der Waals surface area (Å²) < 4.78 is 36.2. The Morgan fingerprint density at radius 2 is 1.76 bits per heavy atom. The highest BCUT2D eigenvalue weighted by Crippen LogP contribution is 2.57. The van der Waals surface area contributed by atoms with E-state index in [9.17, 15) is 13.2 Å². The molecule has 3 unspecified atom stereocenters. The Hall–Kier alpha value is -0.290.